The van der Waals surface area contributed by atoms with Crippen LogP contribution in [0.25, 0.3) is 21.7 Å². The third kappa shape index (κ3) is 2.45. The topological polar surface area (TPSA) is 53.1 Å². The molecule has 3 aromatic rings. The van der Waals surface area contributed by atoms with Crippen LogP contribution in [0, 0.1) is 6.92 Å². The zero-order valence-electron chi connectivity index (χ0n) is 12.0. The van der Waals surface area contributed by atoms with Crippen LogP contribution in [0.1, 0.15) is 25.0 Å². The van der Waals surface area contributed by atoms with E-state index in [1.165, 1.54) is 0 Å². The van der Waals surface area contributed by atoms with E-state index < -0.39 is 0 Å². The van der Waals surface area contributed by atoms with E-state index in [4.69, 9.17) is 5.11 Å². The molecule has 1 aromatic heterocycles. The molecule has 1 heterocycles. The lowest BCUT2D eigenvalue weighted by atomic mass is 10.0. The van der Waals surface area contributed by atoms with Crippen molar-refractivity contribution in [1.82, 2.24) is 4.98 Å². The van der Waals surface area contributed by atoms with Crippen molar-refractivity contribution in [2.75, 3.05) is 0 Å². The second-order valence-electron chi connectivity index (χ2n) is 4.54. The first-order chi connectivity index (χ1) is 9.69. The molecule has 0 aliphatic rings. The van der Waals surface area contributed by atoms with Gasteiger partial charge in [0.15, 0.2) is 0 Å². The van der Waals surface area contributed by atoms with Gasteiger partial charge < -0.3 is 10.1 Å². The summed E-state index contributed by atoms with van der Waals surface area (Å²) in [4.78, 5) is 14.8. The van der Waals surface area contributed by atoms with Gasteiger partial charge in [0.05, 0.1) is 6.61 Å². The van der Waals surface area contributed by atoms with Crippen molar-refractivity contribution < 1.29 is 5.11 Å². The monoisotopic (exact) mass is 269 g/mol. The van der Waals surface area contributed by atoms with Crippen LogP contribution in [0.2, 0.25) is 0 Å². The van der Waals surface area contributed by atoms with Gasteiger partial charge in [-0.3, -0.25) is 4.79 Å². The number of benzene rings is 2. The van der Waals surface area contributed by atoms with Gasteiger partial charge in [0.1, 0.15) is 0 Å². The molecule has 0 saturated heterocycles. The van der Waals surface area contributed by atoms with E-state index in [0.717, 1.165) is 27.4 Å². The van der Waals surface area contributed by atoms with Gasteiger partial charge >= 0.3 is 0 Å². The van der Waals surface area contributed by atoms with E-state index in [9.17, 15) is 4.79 Å². The molecule has 0 atom stereocenters. The Labute approximate surface area is 117 Å². The third-order valence-electron chi connectivity index (χ3n) is 3.22. The number of hydrogen-bond donors (Lipinski definition) is 2. The van der Waals surface area contributed by atoms with Crippen LogP contribution in [0.15, 0.2) is 41.2 Å². The maximum Gasteiger partial charge on any atom is 0.256 e. The number of aromatic amines is 1. The van der Waals surface area contributed by atoms with Gasteiger partial charge in [-0.1, -0.05) is 43.7 Å². The molecule has 104 valence electrons. The molecule has 0 radical (unpaired) electrons. The van der Waals surface area contributed by atoms with E-state index in [2.05, 4.69) is 4.98 Å². The third-order valence-corrected chi connectivity index (χ3v) is 3.22. The largest absolute Gasteiger partial charge is 0.392 e. The average molecular weight is 269 g/mol. The van der Waals surface area contributed by atoms with Crippen LogP contribution >= 0.6 is 0 Å². The van der Waals surface area contributed by atoms with Gasteiger partial charge in [-0.15, -0.1) is 0 Å². The smallest absolute Gasteiger partial charge is 0.256 e. The van der Waals surface area contributed by atoms with E-state index >= 15 is 0 Å². The van der Waals surface area contributed by atoms with E-state index in [1.54, 1.807) is 0 Å². The van der Waals surface area contributed by atoms with Crippen molar-refractivity contribution in [3.8, 4) is 0 Å². The molecular weight excluding hydrogens is 250 g/mol. The lowest BCUT2D eigenvalue weighted by molar-refractivity contribution is 0.282. The maximum atomic E-state index is 12.0. The van der Waals surface area contributed by atoms with Gasteiger partial charge in [0.25, 0.3) is 5.56 Å². The molecule has 2 N–H and O–H groups in total. The zero-order chi connectivity index (χ0) is 14.7. The summed E-state index contributed by atoms with van der Waals surface area (Å²) >= 11 is 0. The first-order valence-corrected chi connectivity index (χ1v) is 6.85. The number of aliphatic hydroxyl groups excluding tert-OH is 1. The number of hydrogen-bond acceptors (Lipinski definition) is 2. The van der Waals surface area contributed by atoms with Crippen molar-refractivity contribution in [1.29, 1.82) is 0 Å². The fraction of sp³-hybridized carbons (Fsp3) is 0.235. The molecule has 0 saturated carbocycles. The number of nitrogens with one attached hydrogen (secondary N) is 1. The minimum atomic E-state index is -0.0902. The Morgan fingerprint density at radius 3 is 2.40 bits per heavy atom. The summed E-state index contributed by atoms with van der Waals surface area (Å²) in [6.45, 7) is 5.98. The van der Waals surface area contributed by atoms with Crippen molar-refractivity contribution in [3.63, 3.8) is 0 Å². The van der Waals surface area contributed by atoms with E-state index in [1.807, 2.05) is 57.2 Å². The Bertz CT molecular complexity index is 803. The van der Waals surface area contributed by atoms with Gasteiger partial charge in [-0.2, -0.15) is 0 Å². The highest BCUT2D eigenvalue weighted by atomic mass is 16.3. The van der Waals surface area contributed by atoms with Crippen LogP contribution in [0.4, 0.5) is 0 Å². The standard InChI is InChI=1S/C15H13NO2.C2H6/c1-9-2-4-12-13(6-9)11-5-3-10(8-17)7-14(11)16-15(12)18;1-2/h2-7,17H,8H2,1H3,(H,16,18);1-2H3. The minimum Gasteiger partial charge on any atom is -0.392 e. The lowest BCUT2D eigenvalue weighted by Crippen LogP contribution is -2.06. The summed E-state index contributed by atoms with van der Waals surface area (Å²) in [5, 5.41) is 11.8. The Hall–Kier alpha value is -2.13. The maximum absolute atomic E-state index is 12.0. The highest BCUT2D eigenvalue weighted by molar-refractivity contribution is 6.05. The first kappa shape index (κ1) is 14.3. The van der Waals surface area contributed by atoms with Crippen LogP contribution in [-0.4, -0.2) is 10.1 Å². The zero-order valence-corrected chi connectivity index (χ0v) is 12.0. The molecule has 3 nitrogen and oxygen atoms in total. The Morgan fingerprint density at radius 1 is 1.00 bits per heavy atom. The summed E-state index contributed by atoms with van der Waals surface area (Å²) < 4.78 is 0. The molecule has 20 heavy (non-hydrogen) atoms. The molecule has 2 aromatic carbocycles. The molecule has 0 aliphatic heterocycles. The second kappa shape index (κ2) is 5.88. The van der Waals surface area contributed by atoms with E-state index in [0.29, 0.717) is 5.39 Å². The summed E-state index contributed by atoms with van der Waals surface area (Å²) in [5.74, 6) is 0. The number of pyridine rings is 1. The number of rotatable bonds is 1. The number of H-pyrrole nitrogens is 1. The van der Waals surface area contributed by atoms with Gasteiger partial charge in [0, 0.05) is 16.3 Å². The molecule has 0 spiro atoms. The summed E-state index contributed by atoms with van der Waals surface area (Å²) in [5.41, 5.74) is 2.60. The number of aryl methyl sites for hydroxylation is 1. The summed E-state index contributed by atoms with van der Waals surface area (Å²) in [6.07, 6.45) is 0. The predicted molar refractivity (Wildman–Crippen MR) is 84.1 cm³/mol. The van der Waals surface area contributed by atoms with Crippen LogP contribution in [0.5, 0.6) is 0 Å². The second-order valence-corrected chi connectivity index (χ2v) is 4.54. The average Bonchev–Trinajstić information content (AvgIpc) is 2.48. The summed E-state index contributed by atoms with van der Waals surface area (Å²) in [7, 11) is 0. The van der Waals surface area contributed by atoms with Gasteiger partial charge in [-0.25, -0.2) is 0 Å². The number of aliphatic hydroxyl groups is 1. The molecule has 0 unspecified atom stereocenters. The van der Waals surface area contributed by atoms with Crippen molar-refractivity contribution in [3.05, 3.63) is 57.9 Å². The van der Waals surface area contributed by atoms with Crippen LogP contribution in [0.3, 0.4) is 0 Å². The van der Waals surface area contributed by atoms with Crippen molar-refractivity contribution in [2.24, 2.45) is 0 Å². The highest BCUT2D eigenvalue weighted by Crippen LogP contribution is 2.23. The molecular formula is C17H19NO2. The minimum absolute atomic E-state index is 0.0240. The molecule has 0 amide bonds. The van der Waals surface area contributed by atoms with Crippen molar-refractivity contribution in [2.45, 2.75) is 27.4 Å². The summed E-state index contributed by atoms with van der Waals surface area (Å²) in [6, 6.07) is 11.4. The van der Waals surface area contributed by atoms with Gasteiger partial charge in [0.2, 0.25) is 0 Å². The normalized spacial score (nSPS) is 10.4. The fourth-order valence-electron chi connectivity index (χ4n) is 2.30. The van der Waals surface area contributed by atoms with E-state index in [-0.39, 0.29) is 12.2 Å². The first-order valence-electron chi connectivity index (χ1n) is 6.85. The number of fused-ring (bicyclic) bond motifs is 3. The molecule has 0 aliphatic carbocycles. The Kier molecular flexibility index (Phi) is 4.20. The van der Waals surface area contributed by atoms with Gasteiger partial charge in [-0.05, 0) is 30.0 Å². The molecule has 3 rings (SSSR count). The van der Waals surface area contributed by atoms with Crippen molar-refractivity contribution >= 4 is 21.7 Å². The Morgan fingerprint density at radius 2 is 1.70 bits per heavy atom. The van der Waals surface area contributed by atoms with Crippen LogP contribution in [-0.2, 0) is 6.61 Å². The van der Waals surface area contributed by atoms with Crippen LogP contribution < -0.4 is 5.56 Å². The highest BCUT2D eigenvalue weighted by Gasteiger charge is 2.05. The fourth-order valence-corrected chi connectivity index (χ4v) is 2.30. The Balaban J connectivity index is 0.000000704. The predicted octanol–water partition coefficient (Wildman–Crippen LogP) is 3.51. The SMILES string of the molecule is CC.Cc1ccc2c(=O)[nH]c3cc(CO)ccc3c2c1. The molecule has 3 heteroatoms. The quantitative estimate of drug-likeness (QED) is 0.664. The molecule has 0 bridgehead atoms. The number of aromatic nitrogens is 1. The molecule has 0 fully saturated rings. The lowest BCUT2D eigenvalue weighted by Gasteiger charge is -2.06.